The molecule has 0 unspecified atom stereocenters. The van der Waals surface area contributed by atoms with Crippen LogP contribution in [0.4, 0.5) is 22.0 Å². The van der Waals surface area contributed by atoms with Crippen LogP contribution in [0.25, 0.3) is 11.3 Å². The molecule has 1 aromatic carbocycles. The van der Waals surface area contributed by atoms with Crippen molar-refractivity contribution in [2.75, 3.05) is 0 Å². The van der Waals surface area contributed by atoms with E-state index in [1.807, 2.05) is 6.07 Å². The van der Waals surface area contributed by atoms with Crippen molar-refractivity contribution in [3.63, 3.8) is 0 Å². The van der Waals surface area contributed by atoms with Crippen LogP contribution in [0.1, 0.15) is 30.3 Å². The van der Waals surface area contributed by atoms with E-state index in [2.05, 4.69) is 20.3 Å². The monoisotopic (exact) mass is 534 g/mol. The molecule has 37 heavy (non-hydrogen) atoms. The molecule has 4 rings (SSSR count). The van der Waals surface area contributed by atoms with Crippen molar-refractivity contribution in [3.8, 4) is 17.3 Å². The summed E-state index contributed by atoms with van der Waals surface area (Å²) in [6.07, 6.45) is -2.81. The van der Waals surface area contributed by atoms with Crippen LogP contribution >= 0.6 is 11.9 Å². The van der Waals surface area contributed by atoms with E-state index in [0.29, 0.717) is 10.5 Å². The van der Waals surface area contributed by atoms with Crippen molar-refractivity contribution in [2.24, 2.45) is 0 Å². The number of rotatable bonds is 6. The van der Waals surface area contributed by atoms with Gasteiger partial charge in [-0.3, -0.25) is 9.78 Å². The van der Waals surface area contributed by atoms with Gasteiger partial charge < -0.3 is 5.32 Å². The summed E-state index contributed by atoms with van der Waals surface area (Å²) in [7, 11) is 0. The summed E-state index contributed by atoms with van der Waals surface area (Å²) in [4.78, 5) is 24.4. The Bertz CT molecular complexity index is 1310. The Morgan fingerprint density at radius 1 is 1.19 bits per heavy atom. The Labute approximate surface area is 212 Å². The van der Waals surface area contributed by atoms with Gasteiger partial charge in [-0.05, 0) is 54.8 Å². The highest BCUT2D eigenvalue weighted by Gasteiger charge is 2.43. The van der Waals surface area contributed by atoms with Crippen LogP contribution in [0.2, 0.25) is 0 Å². The first-order valence-electron chi connectivity index (χ1n) is 11.0. The summed E-state index contributed by atoms with van der Waals surface area (Å²) in [6, 6.07) is 7.63. The number of pyridine rings is 1. The normalized spacial score (nSPS) is 20.0. The lowest BCUT2D eigenvalue weighted by molar-refractivity contribution is -0.145. The van der Waals surface area contributed by atoms with Crippen LogP contribution in [0, 0.1) is 17.1 Å². The third kappa shape index (κ3) is 6.03. The average Bonchev–Trinajstić information content (AvgIpc) is 3.16. The molecule has 0 radical (unpaired) electrons. The molecule has 1 aliphatic rings. The van der Waals surface area contributed by atoms with Gasteiger partial charge in [-0.15, -0.1) is 0 Å². The van der Waals surface area contributed by atoms with Crippen LogP contribution in [0.5, 0.6) is 0 Å². The quantitative estimate of drug-likeness (QED) is 0.362. The Morgan fingerprint density at radius 3 is 2.49 bits per heavy atom. The minimum atomic E-state index is -4.69. The molecule has 1 aliphatic heterocycles. The molecule has 1 amide bonds. The Balaban J connectivity index is 1.49. The number of aromatic nitrogens is 3. The molecule has 3 atom stereocenters. The smallest absolute Gasteiger partial charge is 0.351 e. The lowest BCUT2D eigenvalue weighted by Crippen LogP contribution is -2.42. The molecular weight excluding hydrogens is 515 g/mol. The molecule has 1 fully saturated rings. The van der Waals surface area contributed by atoms with Crippen LogP contribution < -0.4 is 5.32 Å². The van der Waals surface area contributed by atoms with Crippen LogP contribution in [-0.4, -0.2) is 43.4 Å². The van der Waals surface area contributed by atoms with Gasteiger partial charge in [0.05, 0.1) is 11.3 Å². The van der Waals surface area contributed by atoms with Crippen molar-refractivity contribution >= 4 is 17.9 Å². The highest BCUT2D eigenvalue weighted by molar-refractivity contribution is 7.97. The number of hydrogen-bond acceptors (Lipinski definition) is 7. The first-order chi connectivity index (χ1) is 17.6. The maximum atomic E-state index is 14.5. The molecule has 7 nitrogen and oxygen atoms in total. The van der Waals surface area contributed by atoms with Crippen molar-refractivity contribution in [1.82, 2.24) is 24.6 Å². The van der Waals surface area contributed by atoms with Crippen molar-refractivity contribution < 1.29 is 26.7 Å². The molecule has 0 saturated carbocycles. The Hall–Kier alpha value is -3.63. The predicted octanol–water partition coefficient (Wildman–Crippen LogP) is 4.69. The number of nitrogens with one attached hydrogen (secondary N) is 1. The zero-order valence-corrected chi connectivity index (χ0v) is 20.0. The highest BCUT2D eigenvalue weighted by atomic mass is 32.2. The van der Waals surface area contributed by atoms with Gasteiger partial charge in [0.25, 0.3) is 0 Å². The molecular formula is C24H19F5N6OS. The van der Waals surface area contributed by atoms with Gasteiger partial charge in [-0.1, -0.05) is 0 Å². The summed E-state index contributed by atoms with van der Waals surface area (Å²) in [5, 5.41) is 12.1. The molecule has 0 spiro atoms. The summed E-state index contributed by atoms with van der Waals surface area (Å²) >= 11 is 1.15. The van der Waals surface area contributed by atoms with Gasteiger partial charge in [0.1, 0.15) is 24.1 Å². The first-order valence-corrected chi connectivity index (χ1v) is 11.8. The fraction of sp³-hybridized carbons (Fsp3) is 0.292. The SMILES string of the molecule is C[C@H]1[C@H](F)C[C@@H](C(=O)NCc2cc(-c3cnc(C(F)(F)F)nc3)ncc2C#N)N1Sc1ccc(F)cc1. The second kappa shape index (κ2) is 10.8. The molecule has 192 valence electrons. The second-order valence-corrected chi connectivity index (χ2v) is 9.34. The van der Waals surface area contributed by atoms with Gasteiger partial charge in [-0.2, -0.15) is 18.4 Å². The summed E-state index contributed by atoms with van der Waals surface area (Å²) in [5.41, 5.74) is 0.916. The lowest BCUT2D eigenvalue weighted by atomic mass is 10.1. The van der Waals surface area contributed by atoms with E-state index in [4.69, 9.17) is 0 Å². The van der Waals surface area contributed by atoms with Crippen molar-refractivity contribution in [1.29, 1.82) is 5.26 Å². The molecule has 3 heterocycles. The van der Waals surface area contributed by atoms with E-state index in [1.165, 1.54) is 36.5 Å². The van der Waals surface area contributed by atoms with E-state index >= 15 is 0 Å². The minimum Gasteiger partial charge on any atom is -0.351 e. The molecule has 1 N–H and O–H groups in total. The number of nitriles is 1. The van der Waals surface area contributed by atoms with Crippen molar-refractivity contribution in [2.45, 2.75) is 49.2 Å². The van der Waals surface area contributed by atoms with E-state index < -0.39 is 42.0 Å². The minimum absolute atomic E-state index is 0.0449. The number of carbonyl (C=O) groups is 1. The molecule has 2 aromatic heterocycles. The van der Waals surface area contributed by atoms with Crippen molar-refractivity contribution in [3.05, 3.63) is 71.7 Å². The predicted molar refractivity (Wildman–Crippen MR) is 124 cm³/mol. The van der Waals surface area contributed by atoms with E-state index in [-0.39, 0.29) is 29.8 Å². The van der Waals surface area contributed by atoms with Crippen LogP contribution in [-0.2, 0) is 17.5 Å². The first kappa shape index (κ1) is 26.4. The fourth-order valence-corrected chi connectivity index (χ4v) is 4.86. The number of hydrogen-bond donors (Lipinski definition) is 1. The third-order valence-corrected chi connectivity index (χ3v) is 7.05. The highest BCUT2D eigenvalue weighted by Crippen LogP contribution is 2.37. The van der Waals surface area contributed by atoms with Gasteiger partial charge in [-0.25, -0.2) is 23.1 Å². The maximum absolute atomic E-state index is 14.5. The van der Waals surface area contributed by atoms with E-state index in [1.54, 1.807) is 11.2 Å². The van der Waals surface area contributed by atoms with E-state index in [9.17, 15) is 32.0 Å². The molecule has 13 heteroatoms. The number of alkyl halides is 4. The van der Waals surface area contributed by atoms with Crippen LogP contribution in [0.15, 0.2) is 53.8 Å². The van der Waals surface area contributed by atoms with Gasteiger partial charge in [0, 0.05) is 48.1 Å². The summed E-state index contributed by atoms with van der Waals surface area (Å²) in [5.74, 6) is -2.18. The Morgan fingerprint density at radius 2 is 1.86 bits per heavy atom. The summed E-state index contributed by atoms with van der Waals surface area (Å²) in [6.45, 7) is 1.55. The van der Waals surface area contributed by atoms with Gasteiger partial charge >= 0.3 is 6.18 Å². The zero-order valence-electron chi connectivity index (χ0n) is 19.2. The van der Waals surface area contributed by atoms with E-state index in [0.717, 1.165) is 24.3 Å². The van der Waals surface area contributed by atoms with Gasteiger partial charge in [0.2, 0.25) is 11.7 Å². The molecule has 3 aromatic rings. The Kier molecular flexibility index (Phi) is 7.70. The zero-order chi connectivity index (χ0) is 26.7. The lowest BCUT2D eigenvalue weighted by Gasteiger charge is -2.26. The number of amides is 1. The second-order valence-electron chi connectivity index (χ2n) is 8.26. The molecule has 0 aliphatic carbocycles. The number of halogens is 5. The molecule has 1 saturated heterocycles. The fourth-order valence-electron chi connectivity index (χ4n) is 3.75. The summed E-state index contributed by atoms with van der Waals surface area (Å²) < 4.78 is 67.6. The third-order valence-electron chi connectivity index (χ3n) is 5.77. The standard InChI is InChI=1S/C24H19F5N6OS/c1-13-19(26)7-21(35(13)37-18-4-2-17(25)3-5-18)22(36)32-9-14-6-20(31-10-15(14)8-30)16-11-33-23(34-12-16)24(27,28)29/h2-6,10-13,19,21H,7,9H2,1H3,(H,32,36)/t13-,19+,21-/m0/s1. The molecule has 0 bridgehead atoms. The maximum Gasteiger partial charge on any atom is 0.451 e. The van der Waals surface area contributed by atoms with Crippen LogP contribution in [0.3, 0.4) is 0 Å². The van der Waals surface area contributed by atoms with Gasteiger partial charge in [0.15, 0.2) is 0 Å². The number of nitrogens with zero attached hydrogens (tertiary/aromatic N) is 5. The topological polar surface area (TPSA) is 94.8 Å². The number of benzene rings is 1. The average molecular weight is 535 g/mol. The number of carbonyl (C=O) groups excluding carboxylic acids is 1. The largest absolute Gasteiger partial charge is 0.451 e.